The minimum Gasteiger partial charge on any atom is -0.328 e. The van der Waals surface area contributed by atoms with Crippen LogP contribution in [-0.2, 0) is 30.4 Å². The number of hydrogen-bond acceptors (Lipinski definition) is 9. The minimum absolute atomic E-state index is 0.521. The van der Waals surface area contributed by atoms with Gasteiger partial charge in [-0.3, -0.25) is 13.7 Å². The van der Waals surface area contributed by atoms with Gasteiger partial charge in [-0.1, -0.05) is 78.6 Å². The normalized spacial score (nSPS) is 25.8. The largest absolute Gasteiger partial charge is 0.328 e. The lowest BCUT2D eigenvalue weighted by atomic mass is 9.83. The second-order valence-electron chi connectivity index (χ2n) is 14.0. The Morgan fingerprint density at radius 1 is 0.417 bits per heavy atom. The van der Waals surface area contributed by atoms with E-state index in [0.29, 0.717) is 36.9 Å². The first-order valence-electron chi connectivity index (χ1n) is 18.0. The van der Waals surface area contributed by atoms with Gasteiger partial charge in [-0.05, 0) is 94.8 Å². The minimum atomic E-state index is -3.67. The molecule has 3 saturated carbocycles. The summed E-state index contributed by atoms with van der Waals surface area (Å²) >= 11 is 0. The Morgan fingerprint density at radius 2 is 0.562 bits per heavy atom. The van der Waals surface area contributed by atoms with Gasteiger partial charge in [0, 0.05) is 18.1 Å². The van der Waals surface area contributed by atoms with Crippen LogP contribution in [0, 0.1) is 17.8 Å². The van der Waals surface area contributed by atoms with Gasteiger partial charge < -0.3 is 17.2 Å². The molecule has 0 aromatic carbocycles. The molecule has 15 heteroatoms. The summed E-state index contributed by atoms with van der Waals surface area (Å²) in [6.45, 7) is 6.82. The molecule has 0 spiro atoms. The summed E-state index contributed by atoms with van der Waals surface area (Å²) in [5.74, 6) is 3.03. The number of nitrogens with two attached hydrogens (primary N) is 3. The highest BCUT2D eigenvalue weighted by Crippen LogP contribution is 2.28. The maximum absolute atomic E-state index is 9.19. The van der Waals surface area contributed by atoms with Gasteiger partial charge in [-0.25, -0.2) is 0 Å². The summed E-state index contributed by atoms with van der Waals surface area (Å²) in [7, 11) is -11.0. The summed E-state index contributed by atoms with van der Waals surface area (Å²) < 4.78 is 77.6. The standard InChI is InChI=1S/3C10H21N.3CH4O3S/c3*1-2-3-4-9-5-7-10(11)8-6-9;3*1-5(2,3)4/h3*9-10H,2-8,11H2,1H3;3*1H3,(H,2,3,4). The quantitative estimate of drug-likeness (QED) is 0.137. The van der Waals surface area contributed by atoms with Crippen molar-refractivity contribution in [2.75, 3.05) is 18.8 Å². The summed E-state index contributed by atoms with van der Waals surface area (Å²) in [6, 6.07) is 1.56. The lowest BCUT2D eigenvalue weighted by Crippen LogP contribution is -2.26. The summed E-state index contributed by atoms with van der Waals surface area (Å²) in [5.41, 5.74) is 17.5. The van der Waals surface area contributed by atoms with Gasteiger partial charge in [-0.2, -0.15) is 25.3 Å². The van der Waals surface area contributed by atoms with Crippen molar-refractivity contribution in [2.45, 2.75) is 174 Å². The molecule has 0 bridgehead atoms. The van der Waals surface area contributed by atoms with Gasteiger partial charge in [0.15, 0.2) is 0 Å². The van der Waals surface area contributed by atoms with Crippen LogP contribution >= 0.6 is 0 Å². The molecule has 0 saturated heterocycles. The van der Waals surface area contributed by atoms with Crippen LogP contribution in [-0.4, -0.2) is 75.8 Å². The molecule has 0 aromatic heterocycles. The van der Waals surface area contributed by atoms with Crippen molar-refractivity contribution in [1.29, 1.82) is 0 Å². The molecule has 0 aliphatic heterocycles. The summed E-state index contributed by atoms with van der Waals surface area (Å²) in [6.07, 6.45) is 30.8. The van der Waals surface area contributed by atoms with E-state index in [9.17, 15) is 25.3 Å². The van der Waals surface area contributed by atoms with Crippen molar-refractivity contribution < 1.29 is 38.9 Å². The van der Waals surface area contributed by atoms with Crippen LogP contribution in [0.15, 0.2) is 0 Å². The molecule has 48 heavy (non-hydrogen) atoms. The highest BCUT2D eigenvalue weighted by atomic mass is 32.2. The molecule has 0 unspecified atom stereocenters. The number of rotatable bonds is 9. The van der Waals surface area contributed by atoms with E-state index in [0.717, 1.165) is 17.8 Å². The molecule has 0 atom stereocenters. The Hall–Kier alpha value is -0.390. The third-order valence-electron chi connectivity index (χ3n) is 8.57. The van der Waals surface area contributed by atoms with E-state index < -0.39 is 30.4 Å². The van der Waals surface area contributed by atoms with E-state index in [-0.39, 0.29) is 0 Å². The van der Waals surface area contributed by atoms with Crippen LogP contribution in [0.5, 0.6) is 0 Å². The fourth-order valence-corrected chi connectivity index (χ4v) is 5.91. The molecular weight excluding hydrogens is 679 g/mol. The number of unbranched alkanes of at least 4 members (excludes halogenated alkanes) is 3. The van der Waals surface area contributed by atoms with Gasteiger partial charge in [-0.15, -0.1) is 0 Å². The van der Waals surface area contributed by atoms with Gasteiger partial charge in [0.2, 0.25) is 0 Å². The first kappa shape index (κ1) is 52.0. The Morgan fingerprint density at radius 3 is 0.688 bits per heavy atom. The molecular formula is C33H75N3O9S3. The van der Waals surface area contributed by atoms with Crippen molar-refractivity contribution in [3.63, 3.8) is 0 Å². The van der Waals surface area contributed by atoms with E-state index in [1.807, 2.05) is 0 Å². The first-order chi connectivity index (χ1) is 22.0. The van der Waals surface area contributed by atoms with Crippen LogP contribution in [0.2, 0.25) is 0 Å². The van der Waals surface area contributed by atoms with E-state index in [1.54, 1.807) is 0 Å². The molecule has 3 rings (SSSR count). The molecule has 0 heterocycles. The van der Waals surface area contributed by atoms with E-state index in [1.165, 1.54) is 135 Å². The van der Waals surface area contributed by atoms with Crippen LogP contribution < -0.4 is 17.2 Å². The molecule has 294 valence electrons. The van der Waals surface area contributed by atoms with Crippen LogP contribution in [0.4, 0.5) is 0 Å². The summed E-state index contributed by atoms with van der Waals surface area (Å²) in [4.78, 5) is 0. The van der Waals surface area contributed by atoms with E-state index in [4.69, 9.17) is 30.9 Å². The fraction of sp³-hybridized carbons (Fsp3) is 1.00. The summed E-state index contributed by atoms with van der Waals surface area (Å²) in [5, 5.41) is 0. The second kappa shape index (κ2) is 30.3. The van der Waals surface area contributed by atoms with Gasteiger partial charge in [0.1, 0.15) is 0 Å². The monoisotopic (exact) mass is 753 g/mol. The average Bonchev–Trinajstić information content (AvgIpc) is 2.94. The van der Waals surface area contributed by atoms with E-state index in [2.05, 4.69) is 20.8 Å². The highest BCUT2D eigenvalue weighted by molar-refractivity contribution is 7.85. The molecule has 3 aliphatic carbocycles. The number of hydrogen-bond donors (Lipinski definition) is 6. The van der Waals surface area contributed by atoms with Crippen molar-refractivity contribution in [3.05, 3.63) is 0 Å². The smallest absolute Gasteiger partial charge is 0.261 e. The molecule has 3 fully saturated rings. The third-order valence-corrected chi connectivity index (χ3v) is 8.57. The maximum atomic E-state index is 9.19. The molecule has 0 radical (unpaired) electrons. The molecule has 12 nitrogen and oxygen atoms in total. The highest BCUT2D eigenvalue weighted by Gasteiger charge is 2.19. The van der Waals surface area contributed by atoms with Gasteiger partial charge in [0.05, 0.1) is 18.8 Å². The molecule has 0 amide bonds. The Labute approximate surface area is 295 Å². The van der Waals surface area contributed by atoms with Gasteiger partial charge >= 0.3 is 0 Å². The SMILES string of the molecule is CCCCC1CCC(N)CC1.CCCCC1CCC(N)CC1.CCCCC1CCC(N)CC1.CS(=O)(=O)O.CS(=O)(=O)O.CS(=O)(=O)O. The lowest BCUT2D eigenvalue weighted by Gasteiger charge is -2.25. The van der Waals surface area contributed by atoms with Crippen LogP contribution in [0.1, 0.15) is 156 Å². The van der Waals surface area contributed by atoms with Crippen LogP contribution in [0.25, 0.3) is 0 Å². The first-order valence-corrected chi connectivity index (χ1v) is 23.6. The van der Waals surface area contributed by atoms with Crippen molar-refractivity contribution in [3.8, 4) is 0 Å². The van der Waals surface area contributed by atoms with Crippen molar-refractivity contribution in [1.82, 2.24) is 0 Å². The zero-order valence-electron chi connectivity index (χ0n) is 31.1. The van der Waals surface area contributed by atoms with Crippen molar-refractivity contribution >= 4 is 30.4 Å². The third kappa shape index (κ3) is 52.4. The Kier molecular flexibility index (Phi) is 32.8. The second-order valence-corrected chi connectivity index (χ2v) is 18.4. The van der Waals surface area contributed by atoms with E-state index >= 15 is 0 Å². The predicted octanol–water partition coefficient (Wildman–Crippen LogP) is 6.59. The van der Waals surface area contributed by atoms with Gasteiger partial charge in [0.25, 0.3) is 30.4 Å². The maximum Gasteiger partial charge on any atom is 0.261 e. The molecule has 9 N–H and O–H groups in total. The lowest BCUT2D eigenvalue weighted by molar-refractivity contribution is 0.305. The Bertz CT molecular complexity index is 870. The van der Waals surface area contributed by atoms with Crippen LogP contribution in [0.3, 0.4) is 0 Å². The predicted molar refractivity (Wildman–Crippen MR) is 201 cm³/mol. The zero-order chi connectivity index (χ0) is 37.8. The Balaban J connectivity index is -0.000000527. The fourth-order valence-electron chi connectivity index (χ4n) is 5.91. The topological polar surface area (TPSA) is 241 Å². The van der Waals surface area contributed by atoms with Crippen molar-refractivity contribution in [2.24, 2.45) is 35.0 Å². The molecule has 0 aromatic rings. The molecule has 3 aliphatic rings. The zero-order valence-corrected chi connectivity index (χ0v) is 33.5. The average molecular weight is 754 g/mol.